The molecule has 0 radical (unpaired) electrons. The van der Waals surface area contributed by atoms with Gasteiger partial charge in [-0.15, -0.1) is 5.10 Å². The Labute approximate surface area is 145 Å². The van der Waals surface area contributed by atoms with Crippen LogP contribution in [0.3, 0.4) is 0 Å². The maximum Gasteiger partial charge on any atom is 0.261 e. The zero-order valence-electron chi connectivity index (χ0n) is 14.4. The van der Waals surface area contributed by atoms with E-state index in [1.807, 2.05) is 39.2 Å². The number of hydrogen-bond acceptors (Lipinski definition) is 6. The van der Waals surface area contributed by atoms with Crippen LogP contribution in [0.15, 0.2) is 36.9 Å². The Bertz CT molecular complexity index is 852. The van der Waals surface area contributed by atoms with Gasteiger partial charge in [-0.05, 0) is 33.2 Å². The number of hydrogen-bond donors (Lipinski definition) is 1. The smallest absolute Gasteiger partial charge is 0.261 e. The monoisotopic (exact) mass is 340 g/mol. The number of carbonyl (C=O) groups excluding carboxylic acids is 1. The summed E-state index contributed by atoms with van der Waals surface area (Å²) >= 11 is 0. The largest absolute Gasteiger partial charge is 0.308 e. The molecule has 0 aliphatic heterocycles. The van der Waals surface area contributed by atoms with Crippen LogP contribution in [-0.4, -0.2) is 61.0 Å². The van der Waals surface area contributed by atoms with Gasteiger partial charge in [0.05, 0.1) is 24.0 Å². The second kappa shape index (κ2) is 7.22. The summed E-state index contributed by atoms with van der Waals surface area (Å²) in [5.74, 6) is 0.629. The van der Waals surface area contributed by atoms with Gasteiger partial charge in [-0.25, -0.2) is 19.3 Å². The van der Waals surface area contributed by atoms with E-state index in [-0.39, 0.29) is 11.9 Å². The topological polar surface area (TPSA) is 93.8 Å². The highest BCUT2D eigenvalue weighted by Crippen LogP contribution is 2.13. The summed E-state index contributed by atoms with van der Waals surface area (Å²) in [7, 11) is 3.98. The van der Waals surface area contributed by atoms with Crippen molar-refractivity contribution in [2.75, 3.05) is 26.0 Å². The first-order valence-corrected chi connectivity index (χ1v) is 7.86. The molecular weight excluding hydrogens is 320 g/mol. The molecule has 0 atom stereocenters. The number of pyridine rings is 1. The summed E-state index contributed by atoms with van der Waals surface area (Å²) in [6, 6.07) is 5.53. The van der Waals surface area contributed by atoms with Crippen LogP contribution >= 0.6 is 0 Å². The predicted octanol–water partition coefficient (Wildman–Crippen LogP) is 0.981. The number of anilines is 1. The lowest BCUT2D eigenvalue weighted by Crippen LogP contribution is -2.19. The van der Waals surface area contributed by atoms with E-state index in [0.717, 1.165) is 6.54 Å². The molecule has 3 rings (SSSR count). The number of carbonyl (C=O) groups is 1. The average Bonchev–Trinajstić information content (AvgIpc) is 3.20. The van der Waals surface area contributed by atoms with E-state index in [4.69, 9.17) is 0 Å². The van der Waals surface area contributed by atoms with E-state index < -0.39 is 0 Å². The SMILES string of the molecule is Cc1c(C(=O)Nc2ncn(CCN(C)C)n2)cnn1-c1ccccn1. The van der Waals surface area contributed by atoms with Gasteiger partial charge in [0, 0.05) is 12.7 Å². The number of nitrogens with one attached hydrogen (secondary N) is 1. The third kappa shape index (κ3) is 3.89. The van der Waals surface area contributed by atoms with Crippen LogP contribution in [-0.2, 0) is 6.54 Å². The van der Waals surface area contributed by atoms with Crippen molar-refractivity contribution in [3.05, 3.63) is 48.2 Å². The lowest BCUT2D eigenvalue weighted by molar-refractivity contribution is 0.102. The molecule has 25 heavy (non-hydrogen) atoms. The highest BCUT2D eigenvalue weighted by molar-refractivity contribution is 6.04. The normalized spacial score (nSPS) is 11.0. The summed E-state index contributed by atoms with van der Waals surface area (Å²) in [5, 5.41) is 11.2. The molecule has 3 heterocycles. The summed E-state index contributed by atoms with van der Waals surface area (Å²) in [6.45, 7) is 3.36. The second-order valence-electron chi connectivity index (χ2n) is 5.83. The Morgan fingerprint density at radius 2 is 2.12 bits per heavy atom. The van der Waals surface area contributed by atoms with Crippen LogP contribution in [0.25, 0.3) is 5.82 Å². The summed E-state index contributed by atoms with van der Waals surface area (Å²) in [4.78, 5) is 22.9. The summed E-state index contributed by atoms with van der Waals surface area (Å²) in [6.07, 6.45) is 4.80. The molecule has 0 aliphatic rings. The van der Waals surface area contributed by atoms with Gasteiger partial charge in [-0.3, -0.25) is 10.1 Å². The number of aromatic nitrogens is 6. The molecular formula is C16H20N8O. The molecule has 9 nitrogen and oxygen atoms in total. The van der Waals surface area contributed by atoms with Gasteiger partial charge < -0.3 is 4.90 Å². The fourth-order valence-corrected chi connectivity index (χ4v) is 2.27. The number of nitrogens with zero attached hydrogens (tertiary/aromatic N) is 7. The minimum Gasteiger partial charge on any atom is -0.308 e. The van der Waals surface area contributed by atoms with Crippen LogP contribution in [0.5, 0.6) is 0 Å². The summed E-state index contributed by atoms with van der Waals surface area (Å²) < 4.78 is 3.32. The standard InChI is InChI=1S/C16H20N8O/c1-12-13(10-19-24(12)14-6-4-5-7-17-14)15(25)20-16-18-11-23(21-16)9-8-22(2)3/h4-7,10-11H,8-9H2,1-3H3,(H,20,21,25). The fourth-order valence-electron chi connectivity index (χ4n) is 2.27. The Morgan fingerprint density at radius 1 is 1.28 bits per heavy atom. The van der Waals surface area contributed by atoms with Gasteiger partial charge in [-0.1, -0.05) is 6.07 Å². The highest BCUT2D eigenvalue weighted by atomic mass is 16.1. The van der Waals surface area contributed by atoms with Crippen LogP contribution in [0, 0.1) is 6.92 Å². The van der Waals surface area contributed by atoms with E-state index in [1.165, 1.54) is 6.20 Å². The quantitative estimate of drug-likeness (QED) is 0.719. The van der Waals surface area contributed by atoms with Crippen molar-refractivity contribution < 1.29 is 4.79 Å². The average molecular weight is 340 g/mol. The Morgan fingerprint density at radius 3 is 2.84 bits per heavy atom. The molecule has 3 aromatic rings. The zero-order chi connectivity index (χ0) is 17.8. The fraction of sp³-hybridized carbons (Fsp3) is 0.312. The molecule has 0 aromatic carbocycles. The van der Waals surface area contributed by atoms with E-state index in [9.17, 15) is 4.79 Å². The molecule has 3 aromatic heterocycles. The van der Waals surface area contributed by atoms with Crippen LogP contribution in [0.4, 0.5) is 5.95 Å². The van der Waals surface area contributed by atoms with E-state index in [0.29, 0.717) is 23.6 Å². The lowest BCUT2D eigenvalue weighted by atomic mass is 10.2. The molecule has 1 N–H and O–H groups in total. The maximum atomic E-state index is 12.5. The summed E-state index contributed by atoms with van der Waals surface area (Å²) in [5.41, 5.74) is 1.15. The van der Waals surface area contributed by atoms with Gasteiger partial charge in [0.1, 0.15) is 6.33 Å². The molecule has 0 fully saturated rings. The molecule has 0 aliphatic carbocycles. The van der Waals surface area contributed by atoms with E-state index in [1.54, 1.807) is 21.9 Å². The molecule has 0 saturated heterocycles. The molecule has 9 heteroatoms. The first kappa shape index (κ1) is 16.8. The van der Waals surface area contributed by atoms with Crippen molar-refractivity contribution in [3.8, 4) is 5.82 Å². The van der Waals surface area contributed by atoms with Crippen LogP contribution < -0.4 is 5.32 Å². The molecule has 1 amide bonds. The molecule has 130 valence electrons. The zero-order valence-corrected chi connectivity index (χ0v) is 14.4. The van der Waals surface area contributed by atoms with E-state index >= 15 is 0 Å². The third-order valence-corrected chi connectivity index (χ3v) is 3.66. The van der Waals surface area contributed by atoms with Crippen molar-refractivity contribution in [3.63, 3.8) is 0 Å². The van der Waals surface area contributed by atoms with Gasteiger partial charge in [0.25, 0.3) is 5.91 Å². The van der Waals surface area contributed by atoms with Crippen molar-refractivity contribution >= 4 is 11.9 Å². The minimum absolute atomic E-state index is 0.272. The van der Waals surface area contributed by atoms with Crippen LogP contribution in [0.2, 0.25) is 0 Å². The first-order valence-electron chi connectivity index (χ1n) is 7.86. The second-order valence-corrected chi connectivity index (χ2v) is 5.83. The van der Waals surface area contributed by atoms with Crippen LogP contribution in [0.1, 0.15) is 16.1 Å². The molecule has 0 unspecified atom stereocenters. The molecule has 0 bridgehead atoms. The Balaban J connectivity index is 1.71. The minimum atomic E-state index is -0.301. The third-order valence-electron chi connectivity index (χ3n) is 3.66. The number of amides is 1. The Hall–Kier alpha value is -3.07. The van der Waals surface area contributed by atoms with E-state index in [2.05, 4.69) is 30.4 Å². The maximum absolute atomic E-state index is 12.5. The number of likely N-dealkylation sites (N-methyl/N-ethyl adjacent to an activating group) is 1. The first-order chi connectivity index (χ1) is 12.0. The van der Waals surface area contributed by atoms with Gasteiger partial charge in [-0.2, -0.15) is 5.10 Å². The van der Waals surface area contributed by atoms with Crippen molar-refractivity contribution in [2.45, 2.75) is 13.5 Å². The molecule has 0 saturated carbocycles. The number of rotatable bonds is 6. The van der Waals surface area contributed by atoms with Crippen molar-refractivity contribution in [2.24, 2.45) is 0 Å². The van der Waals surface area contributed by atoms with Crippen molar-refractivity contribution in [1.82, 2.24) is 34.4 Å². The lowest BCUT2D eigenvalue weighted by Gasteiger charge is -2.08. The highest BCUT2D eigenvalue weighted by Gasteiger charge is 2.17. The van der Waals surface area contributed by atoms with Gasteiger partial charge in [0.2, 0.25) is 5.95 Å². The van der Waals surface area contributed by atoms with Gasteiger partial charge >= 0.3 is 0 Å². The van der Waals surface area contributed by atoms with Crippen molar-refractivity contribution in [1.29, 1.82) is 0 Å². The van der Waals surface area contributed by atoms with Gasteiger partial charge in [0.15, 0.2) is 5.82 Å². The molecule has 0 spiro atoms. The Kier molecular flexibility index (Phi) is 4.85. The predicted molar refractivity (Wildman–Crippen MR) is 92.6 cm³/mol.